The zero-order chi connectivity index (χ0) is 12.4. The van der Waals surface area contributed by atoms with Crippen LogP contribution in [0.25, 0.3) is 0 Å². The summed E-state index contributed by atoms with van der Waals surface area (Å²) in [7, 11) is 3.52. The summed E-state index contributed by atoms with van der Waals surface area (Å²) in [5, 5.41) is 4.12. The Morgan fingerprint density at radius 1 is 1.41 bits per heavy atom. The van der Waals surface area contributed by atoms with Gasteiger partial charge in [0.2, 0.25) is 0 Å². The summed E-state index contributed by atoms with van der Waals surface area (Å²) in [6.45, 7) is 0. The molecule has 0 aliphatic rings. The van der Waals surface area contributed by atoms with Gasteiger partial charge in [0.1, 0.15) is 5.75 Å². The smallest absolute Gasteiger partial charge is 0.125 e. The van der Waals surface area contributed by atoms with Crippen molar-refractivity contribution in [2.75, 3.05) is 7.11 Å². The summed E-state index contributed by atoms with van der Waals surface area (Å²) in [6, 6.07) is 7.48. The molecular formula is C12H14BrN3O. The van der Waals surface area contributed by atoms with Crippen molar-refractivity contribution in [2.45, 2.75) is 6.04 Å². The van der Waals surface area contributed by atoms with Crippen molar-refractivity contribution in [1.29, 1.82) is 0 Å². The highest BCUT2D eigenvalue weighted by Gasteiger charge is 2.16. The molecule has 90 valence electrons. The van der Waals surface area contributed by atoms with E-state index in [1.807, 2.05) is 31.3 Å². The predicted octanol–water partition coefficient (Wildman–Crippen LogP) is 2.24. The number of halogens is 1. The van der Waals surface area contributed by atoms with Crippen LogP contribution >= 0.6 is 15.9 Å². The van der Waals surface area contributed by atoms with Crippen molar-refractivity contribution in [3.63, 3.8) is 0 Å². The quantitative estimate of drug-likeness (QED) is 0.945. The van der Waals surface area contributed by atoms with Crippen molar-refractivity contribution in [1.82, 2.24) is 9.78 Å². The van der Waals surface area contributed by atoms with E-state index in [4.69, 9.17) is 10.5 Å². The fraction of sp³-hybridized carbons (Fsp3) is 0.250. The summed E-state index contributed by atoms with van der Waals surface area (Å²) < 4.78 is 8.08. The van der Waals surface area contributed by atoms with E-state index in [1.165, 1.54) is 0 Å². The Balaban J connectivity index is 2.44. The maximum atomic E-state index is 6.23. The summed E-state index contributed by atoms with van der Waals surface area (Å²) in [4.78, 5) is 0. The second-order valence-corrected chi connectivity index (χ2v) is 4.66. The molecule has 2 N–H and O–H groups in total. The van der Waals surface area contributed by atoms with E-state index in [1.54, 1.807) is 18.0 Å². The van der Waals surface area contributed by atoms with Crippen LogP contribution in [0.1, 0.15) is 17.3 Å². The van der Waals surface area contributed by atoms with Gasteiger partial charge in [0, 0.05) is 23.3 Å². The fourth-order valence-corrected chi connectivity index (χ4v) is 2.13. The molecular weight excluding hydrogens is 282 g/mol. The predicted molar refractivity (Wildman–Crippen MR) is 69.9 cm³/mol. The first kappa shape index (κ1) is 12.1. The van der Waals surface area contributed by atoms with Crippen molar-refractivity contribution in [2.24, 2.45) is 12.8 Å². The summed E-state index contributed by atoms with van der Waals surface area (Å²) in [5.41, 5.74) is 8.13. The number of hydrogen-bond acceptors (Lipinski definition) is 3. The van der Waals surface area contributed by atoms with E-state index >= 15 is 0 Å². The monoisotopic (exact) mass is 295 g/mol. The molecule has 2 rings (SSSR count). The van der Waals surface area contributed by atoms with Gasteiger partial charge >= 0.3 is 0 Å². The van der Waals surface area contributed by atoms with Gasteiger partial charge in [-0.25, -0.2) is 0 Å². The molecule has 0 aliphatic heterocycles. The van der Waals surface area contributed by atoms with Crippen LogP contribution in [0.3, 0.4) is 0 Å². The minimum atomic E-state index is -0.245. The molecule has 5 heteroatoms. The molecule has 0 aliphatic carbocycles. The van der Waals surface area contributed by atoms with E-state index in [0.717, 1.165) is 21.5 Å². The molecule has 1 heterocycles. The molecule has 0 spiro atoms. The van der Waals surface area contributed by atoms with E-state index in [2.05, 4.69) is 21.0 Å². The third kappa shape index (κ3) is 2.35. The molecule has 1 atom stereocenters. The van der Waals surface area contributed by atoms with Crippen LogP contribution < -0.4 is 10.5 Å². The molecule has 0 radical (unpaired) electrons. The Hall–Kier alpha value is -1.33. The third-order valence-corrected chi connectivity index (χ3v) is 3.20. The van der Waals surface area contributed by atoms with Crippen molar-refractivity contribution in [3.8, 4) is 5.75 Å². The lowest BCUT2D eigenvalue weighted by molar-refractivity contribution is 0.407. The Labute approximate surface area is 109 Å². The van der Waals surface area contributed by atoms with Gasteiger partial charge < -0.3 is 10.5 Å². The molecule has 0 saturated heterocycles. The Morgan fingerprint density at radius 3 is 2.76 bits per heavy atom. The molecule has 1 unspecified atom stereocenters. The highest BCUT2D eigenvalue weighted by molar-refractivity contribution is 9.10. The Kier molecular flexibility index (Phi) is 3.49. The van der Waals surface area contributed by atoms with Gasteiger partial charge in [-0.2, -0.15) is 5.10 Å². The van der Waals surface area contributed by atoms with Crippen LogP contribution in [0, 0.1) is 0 Å². The normalized spacial score (nSPS) is 12.5. The molecule has 0 bridgehead atoms. The molecule has 2 aromatic rings. The van der Waals surface area contributed by atoms with Crippen LogP contribution in [0.2, 0.25) is 0 Å². The van der Waals surface area contributed by atoms with Crippen LogP contribution in [0.15, 0.2) is 34.9 Å². The van der Waals surface area contributed by atoms with Gasteiger partial charge in [0.05, 0.1) is 18.8 Å². The first-order chi connectivity index (χ1) is 8.13. The van der Waals surface area contributed by atoms with Gasteiger partial charge in [0.15, 0.2) is 0 Å². The largest absolute Gasteiger partial charge is 0.496 e. The SMILES string of the molecule is COc1cc(Br)ccc1C(N)c1ccnn1C. The summed E-state index contributed by atoms with van der Waals surface area (Å²) in [6.07, 6.45) is 1.74. The number of ether oxygens (including phenoxy) is 1. The van der Waals surface area contributed by atoms with Crippen molar-refractivity contribution in [3.05, 3.63) is 46.2 Å². The lowest BCUT2D eigenvalue weighted by Gasteiger charge is -2.16. The fourth-order valence-electron chi connectivity index (χ4n) is 1.79. The molecule has 0 saturated carbocycles. The second kappa shape index (κ2) is 4.89. The van der Waals surface area contributed by atoms with E-state index in [0.29, 0.717) is 0 Å². The number of methoxy groups -OCH3 is 1. The van der Waals surface area contributed by atoms with Gasteiger partial charge in [0.25, 0.3) is 0 Å². The van der Waals surface area contributed by atoms with Crippen LogP contribution in [0.5, 0.6) is 5.75 Å². The first-order valence-electron chi connectivity index (χ1n) is 5.20. The number of benzene rings is 1. The molecule has 17 heavy (non-hydrogen) atoms. The average molecular weight is 296 g/mol. The van der Waals surface area contributed by atoms with Gasteiger partial charge in [-0.15, -0.1) is 0 Å². The summed E-state index contributed by atoms with van der Waals surface area (Å²) >= 11 is 3.41. The topological polar surface area (TPSA) is 53.1 Å². The minimum Gasteiger partial charge on any atom is -0.496 e. The van der Waals surface area contributed by atoms with Crippen LogP contribution in [0.4, 0.5) is 0 Å². The minimum absolute atomic E-state index is 0.245. The molecule has 4 nitrogen and oxygen atoms in total. The molecule has 1 aromatic carbocycles. The summed E-state index contributed by atoms with van der Waals surface area (Å²) in [5.74, 6) is 0.771. The number of rotatable bonds is 3. The van der Waals surface area contributed by atoms with Crippen molar-refractivity contribution < 1.29 is 4.74 Å². The molecule has 0 amide bonds. The van der Waals surface area contributed by atoms with E-state index < -0.39 is 0 Å². The zero-order valence-corrected chi connectivity index (χ0v) is 11.3. The van der Waals surface area contributed by atoms with E-state index in [9.17, 15) is 0 Å². The first-order valence-corrected chi connectivity index (χ1v) is 5.99. The average Bonchev–Trinajstić information content (AvgIpc) is 2.74. The lowest BCUT2D eigenvalue weighted by atomic mass is 10.0. The van der Waals surface area contributed by atoms with Crippen LogP contribution in [-0.4, -0.2) is 16.9 Å². The second-order valence-electron chi connectivity index (χ2n) is 3.74. The number of aryl methyl sites for hydroxylation is 1. The highest BCUT2D eigenvalue weighted by Crippen LogP contribution is 2.30. The third-order valence-electron chi connectivity index (χ3n) is 2.71. The Morgan fingerprint density at radius 2 is 2.18 bits per heavy atom. The Bertz CT molecular complexity index is 524. The van der Waals surface area contributed by atoms with E-state index in [-0.39, 0.29) is 6.04 Å². The lowest BCUT2D eigenvalue weighted by Crippen LogP contribution is -2.16. The highest BCUT2D eigenvalue weighted by atomic mass is 79.9. The standard InChI is InChI=1S/C12H14BrN3O/c1-16-10(5-6-15-16)12(14)9-4-3-8(13)7-11(9)17-2/h3-7,12H,14H2,1-2H3. The maximum absolute atomic E-state index is 6.23. The van der Waals surface area contributed by atoms with Crippen LogP contribution in [-0.2, 0) is 7.05 Å². The maximum Gasteiger partial charge on any atom is 0.125 e. The molecule has 1 aromatic heterocycles. The van der Waals surface area contributed by atoms with Gasteiger partial charge in [-0.3, -0.25) is 4.68 Å². The van der Waals surface area contributed by atoms with Gasteiger partial charge in [-0.05, 0) is 18.2 Å². The number of hydrogen-bond donors (Lipinski definition) is 1. The number of nitrogens with zero attached hydrogens (tertiary/aromatic N) is 2. The van der Waals surface area contributed by atoms with Crippen molar-refractivity contribution >= 4 is 15.9 Å². The number of aromatic nitrogens is 2. The van der Waals surface area contributed by atoms with Gasteiger partial charge in [-0.1, -0.05) is 22.0 Å². The molecule has 0 fully saturated rings. The zero-order valence-electron chi connectivity index (χ0n) is 9.72. The number of nitrogens with two attached hydrogens (primary N) is 1.